The maximum Gasteiger partial charge on any atom is 0.416 e. The van der Waals surface area contributed by atoms with E-state index in [1.165, 1.54) is 17.0 Å². The van der Waals surface area contributed by atoms with E-state index < -0.39 is 17.8 Å². The molecule has 220 valence electrons. The van der Waals surface area contributed by atoms with Crippen LogP contribution >= 0.6 is 0 Å². The van der Waals surface area contributed by atoms with Crippen LogP contribution in [-0.4, -0.2) is 80.1 Å². The van der Waals surface area contributed by atoms with E-state index in [0.29, 0.717) is 75.0 Å². The molecule has 0 bridgehead atoms. The minimum atomic E-state index is -4.51. The van der Waals surface area contributed by atoms with Gasteiger partial charge >= 0.3 is 12.2 Å². The van der Waals surface area contributed by atoms with Crippen LogP contribution in [0.15, 0.2) is 72.8 Å². The minimum Gasteiger partial charge on any atom is -0.378 e. The van der Waals surface area contributed by atoms with Crippen molar-refractivity contribution in [2.24, 2.45) is 0 Å². The van der Waals surface area contributed by atoms with Gasteiger partial charge in [0.1, 0.15) is 0 Å². The number of hydrogen-bond donors (Lipinski definition) is 2. The molecule has 0 aromatic heterocycles. The Balaban J connectivity index is 1.30. The van der Waals surface area contributed by atoms with Gasteiger partial charge in [0.15, 0.2) is 0 Å². The third-order valence-electron chi connectivity index (χ3n) is 7.17. The number of ether oxygens (including phenoxy) is 1. The lowest BCUT2D eigenvalue weighted by molar-refractivity contribution is -0.137. The summed E-state index contributed by atoms with van der Waals surface area (Å²) in [4.78, 5) is 44.4. The zero-order chi connectivity index (χ0) is 29.7. The second kappa shape index (κ2) is 12.5. The summed E-state index contributed by atoms with van der Waals surface area (Å²) >= 11 is 0. The number of urea groups is 1. The van der Waals surface area contributed by atoms with Crippen molar-refractivity contribution in [2.75, 3.05) is 68.0 Å². The highest BCUT2D eigenvalue weighted by Crippen LogP contribution is 2.31. The van der Waals surface area contributed by atoms with Crippen molar-refractivity contribution >= 4 is 34.9 Å². The number of hydrogen-bond acceptors (Lipinski definition) is 5. The summed E-state index contributed by atoms with van der Waals surface area (Å²) in [6, 6.07) is 17.9. The monoisotopic (exact) mass is 581 g/mol. The topological polar surface area (TPSA) is 94.2 Å². The zero-order valence-corrected chi connectivity index (χ0v) is 22.7. The van der Waals surface area contributed by atoms with Gasteiger partial charge in [-0.25, -0.2) is 4.79 Å². The number of morpholine rings is 1. The van der Waals surface area contributed by atoms with E-state index in [2.05, 4.69) is 10.6 Å². The lowest BCUT2D eigenvalue weighted by Gasteiger charge is -2.37. The molecule has 0 radical (unpaired) electrons. The molecule has 42 heavy (non-hydrogen) atoms. The van der Waals surface area contributed by atoms with Crippen molar-refractivity contribution in [1.29, 1.82) is 0 Å². The van der Waals surface area contributed by atoms with Crippen LogP contribution in [0.5, 0.6) is 0 Å². The Labute approximate surface area is 240 Å². The van der Waals surface area contributed by atoms with Gasteiger partial charge in [-0.3, -0.25) is 9.59 Å². The molecule has 0 spiro atoms. The molecule has 2 N–H and O–H groups in total. The molecule has 0 aliphatic carbocycles. The second-order valence-corrected chi connectivity index (χ2v) is 9.94. The van der Waals surface area contributed by atoms with Crippen LogP contribution in [0, 0.1) is 0 Å². The van der Waals surface area contributed by atoms with Crippen molar-refractivity contribution < 1.29 is 32.3 Å². The Bertz CT molecular complexity index is 1440. The van der Waals surface area contributed by atoms with Gasteiger partial charge in [-0.05, 0) is 48.5 Å². The van der Waals surface area contributed by atoms with E-state index in [4.69, 9.17) is 4.74 Å². The van der Waals surface area contributed by atoms with Crippen LogP contribution in [-0.2, 0) is 10.9 Å². The zero-order valence-electron chi connectivity index (χ0n) is 22.7. The SMILES string of the molecule is O=C(Nc1ccc(N2CCN(C(=O)Nc3cccc(C(F)(F)F)c3)CC2)c(C(=O)N2CCOCC2)c1)c1ccccc1. The number of anilines is 3. The van der Waals surface area contributed by atoms with E-state index >= 15 is 0 Å². The van der Waals surface area contributed by atoms with E-state index in [9.17, 15) is 27.6 Å². The van der Waals surface area contributed by atoms with E-state index in [-0.39, 0.29) is 17.5 Å². The molecular weight excluding hydrogens is 551 g/mol. The van der Waals surface area contributed by atoms with E-state index in [0.717, 1.165) is 12.1 Å². The quantitative estimate of drug-likeness (QED) is 0.452. The van der Waals surface area contributed by atoms with Crippen molar-refractivity contribution in [3.05, 3.63) is 89.5 Å². The number of benzene rings is 3. The first-order valence-corrected chi connectivity index (χ1v) is 13.5. The molecule has 2 saturated heterocycles. The van der Waals surface area contributed by atoms with Crippen molar-refractivity contribution in [3.63, 3.8) is 0 Å². The molecule has 2 fully saturated rings. The Morgan fingerprint density at radius 2 is 1.40 bits per heavy atom. The summed E-state index contributed by atoms with van der Waals surface area (Å²) in [6.45, 7) is 3.15. The van der Waals surface area contributed by atoms with Gasteiger partial charge < -0.3 is 30.1 Å². The van der Waals surface area contributed by atoms with Crippen molar-refractivity contribution in [3.8, 4) is 0 Å². The van der Waals surface area contributed by atoms with Gasteiger partial charge in [0.2, 0.25) is 0 Å². The summed E-state index contributed by atoms with van der Waals surface area (Å²) in [6.07, 6.45) is -4.51. The van der Waals surface area contributed by atoms with Gasteiger partial charge in [0.05, 0.1) is 24.3 Å². The van der Waals surface area contributed by atoms with E-state index in [1.54, 1.807) is 47.4 Å². The molecule has 2 aliphatic heterocycles. The lowest BCUT2D eigenvalue weighted by Crippen LogP contribution is -2.50. The number of alkyl halides is 3. The average molecular weight is 582 g/mol. The fourth-order valence-corrected chi connectivity index (χ4v) is 4.92. The number of halogens is 3. The maximum absolute atomic E-state index is 13.6. The Kier molecular flexibility index (Phi) is 8.62. The minimum absolute atomic E-state index is 0.0591. The van der Waals surface area contributed by atoms with Crippen LogP contribution in [0.3, 0.4) is 0 Å². The molecule has 0 saturated carbocycles. The number of nitrogens with zero attached hydrogens (tertiary/aromatic N) is 3. The first-order valence-electron chi connectivity index (χ1n) is 13.5. The molecule has 3 aromatic rings. The number of amides is 4. The number of rotatable bonds is 5. The second-order valence-electron chi connectivity index (χ2n) is 9.94. The highest BCUT2D eigenvalue weighted by atomic mass is 19.4. The third-order valence-corrected chi connectivity index (χ3v) is 7.17. The summed E-state index contributed by atoms with van der Waals surface area (Å²) in [7, 11) is 0. The van der Waals surface area contributed by atoms with Gasteiger partial charge in [0.25, 0.3) is 11.8 Å². The largest absolute Gasteiger partial charge is 0.416 e. The van der Waals surface area contributed by atoms with Crippen LogP contribution in [0.4, 0.5) is 35.0 Å². The first kappa shape index (κ1) is 28.9. The number of piperazine rings is 1. The summed E-state index contributed by atoms with van der Waals surface area (Å²) in [5.74, 6) is -0.484. The molecule has 2 aliphatic rings. The number of carbonyl (C=O) groups is 3. The molecular formula is C30H30F3N5O4. The summed E-state index contributed by atoms with van der Waals surface area (Å²) < 4.78 is 44.6. The molecule has 3 aromatic carbocycles. The standard InChI is InChI=1S/C30H30F3N5O4/c31-30(32,33)22-7-4-8-23(19-22)35-29(41)38-13-11-36(12-14-38)26-10-9-24(34-27(39)21-5-2-1-3-6-21)20-25(26)28(40)37-15-17-42-18-16-37/h1-10,19-20H,11-18H2,(H,34,39)(H,35,41). The Morgan fingerprint density at radius 1 is 0.714 bits per heavy atom. The predicted molar refractivity (Wildman–Crippen MR) is 152 cm³/mol. The van der Waals surface area contributed by atoms with E-state index in [1.807, 2.05) is 11.0 Å². The Morgan fingerprint density at radius 3 is 2.10 bits per heavy atom. The molecule has 2 heterocycles. The van der Waals surface area contributed by atoms with Gasteiger partial charge in [-0.2, -0.15) is 13.2 Å². The molecule has 0 atom stereocenters. The van der Waals surface area contributed by atoms with Crippen LogP contribution < -0.4 is 15.5 Å². The highest BCUT2D eigenvalue weighted by molar-refractivity contribution is 6.06. The normalized spacial score (nSPS) is 15.7. The van der Waals surface area contributed by atoms with Crippen LogP contribution in [0.2, 0.25) is 0 Å². The number of carbonyl (C=O) groups excluding carboxylic acids is 3. The Hall–Kier alpha value is -4.58. The fraction of sp³-hybridized carbons (Fsp3) is 0.300. The maximum atomic E-state index is 13.6. The summed E-state index contributed by atoms with van der Waals surface area (Å²) in [5, 5.41) is 5.41. The molecule has 5 rings (SSSR count). The van der Waals surface area contributed by atoms with Crippen molar-refractivity contribution in [1.82, 2.24) is 9.80 Å². The van der Waals surface area contributed by atoms with Gasteiger partial charge in [-0.1, -0.05) is 24.3 Å². The van der Waals surface area contributed by atoms with Gasteiger partial charge in [0, 0.05) is 61.9 Å². The molecule has 12 heteroatoms. The van der Waals surface area contributed by atoms with Gasteiger partial charge in [-0.15, -0.1) is 0 Å². The molecule has 0 unspecified atom stereocenters. The first-order chi connectivity index (χ1) is 20.2. The highest BCUT2D eigenvalue weighted by Gasteiger charge is 2.31. The fourth-order valence-electron chi connectivity index (χ4n) is 4.92. The molecule has 9 nitrogen and oxygen atoms in total. The van der Waals surface area contributed by atoms with Crippen molar-refractivity contribution in [2.45, 2.75) is 6.18 Å². The lowest BCUT2D eigenvalue weighted by atomic mass is 10.1. The smallest absolute Gasteiger partial charge is 0.378 e. The predicted octanol–water partition coefficient (Wildman–Crippen LogP) is 4.78. The molecule has 4 amide bonds. The summed E-state index contributed by atoms with van der Waals surface area (Å²) in [5.41, 5.74) is 1.27. The van der Waals surface area contributed by atoms with Crippen LogP contribution in [0.25, 0.3) is 0 Å². The van der Waals surface area contributed by atoms with Crippen LogP contribution in [0.1, 0.15) is 26.3 Å². The third kappa shape index (κ3) is 6.82. The average Bonchev–Trinajstić information content (AvgIpc) is 3.01. The number of nitrogens with one attached hydrogen (secondary N) is 2.